The highest BCUT2D eigenvalue weighted by Gasteiger charge is 2.43. The zero-order chi connectivity index (χ0) is 16.7. The Morgan fingerprint density at radius 2 is 1.83 bits per heavy atom. The van der Waals surface area contributed by atoms with Crippen molar-refractivity contribution in [1.29, 1.82) is 0 Å². The van der Waals surface area contributed by atoms with Crippen LogP contribution in [0.3, 0.4) is 0 Å². The van der Waals surface area contributed by atoms with Crippen LogP contribution in [0.15, 0.2) is 33.5 Å². The number of fused-ring (bicyclic) bond motifs is 1. The predicted molar refractivity (Wildman–Crippen MR) is 80.2 cm³/mol. The van der Waals surface area contributed by atoms with Gasteiger partial charge >= 0.3 is 5.63 Å². The molecule has 3 rings (SSSR count). The number of rotatable bonds is 2. The third kappa shape index (κ3) is 2.96. The van der Waals surface area contributed by atoms with E-state index in [-0.39, 0.29) is 0 Å². The van der Waals surface area contributed by atoms with E-state index in [2.05, 4.69) is 0 Å². The molecule has 124 valence electrons. The lowest BCUT2D eigenvalue weighted by molar-refractivity contribution is -0.268. The lowest BCUT2D eigenvalue weighted by Crippen LogP contribution is -2.58. The van der Waals surface area contributed by atoms with Crippen LogP contribution in [0.5, 0.6) is 5.75 Å². The first-order valence-corrected chi connectivity index (χ1v) is 7.27. The van der Waals surface area contributed by atoms with Crippen molar-refractivity contribution >= 4 is 11.0 Å². The van der Waals surface area contributed by atoms with E-state index in [1.54, 1.807) is 26.0 Å². The number of aryl methyl sites for hydroxylation is 1. The summed E-state index contributed by atoms with van der Waals surface area (Å²) in [5, 5.41) is 30.2. The highest BCUT2D eigenvalue weighted by Crippen LogP contribution is 2.27. The predicted octanol–water partition coefficient (Wildman–Crippen LogP) is 0.308. The van der Waals surface area contributed by atoms with Crippen molar-refractivity contribution in [3.63, 3.8) is 0 Å². The first-order chi connectivity index (χ1) is 10.9. The summed E-state index contributed by atoms with van der Waals surface area (Å²) in [5.74, 6) is 0.311. The first-order valence-electron chi connectivity index (χ1n) is 7.27. The largest absolute Gasteiger partial charge is 0.462 e. The minimum absolute atomic E-state index is 0.311. The number of hydrogen-bond acceptors (Lipinski definition) is 7. The monoisotopic (exact) mass is 322 g/mol. The molecule has 0 amide bonds. The van der Waals surface area contributed by atoms with E-state index in [9.17, 15) is 20.1 Å². The van der Waals surface area contributed by atoms with E-state index >= 15 is 0 Å². The van der Waals surface area contributed by atoms with Crippen molar-refractivity contribution in [2.45, 2.75) is 44.6 Å². The summed E-state index contributed by atoms with van der Waals surface area (Å²) in [7, 11) is 0. The molecule has 5 atom stereocenters. The van der Waals surface area contributed by atoms with Gasteiger partial charge in [0.15, 0.2) is 0 Å². The van der Waals surface area contributed by atoms with Gasteiger partial charge in [0.1, 0.15) is 29.6 Å². The fraction of sp³-hybridized carbons (Fsp3) is 0.438. The Hall–Kier alpha value is -1.93. The average molecular weight is 322 g/mol. The molecule has 0 radical (unpaired) electrons. The number of benzene rings is 1. The molecular weight excluding hydrogens is 304 g/mol. The Morgan fingerprint density at radius 1 is 1.09 bits per heavy atom. The van der Waals surface area contributed by atoms with Gasteiger partial charge in [-0.05, 0) is 31.5 Å². The van der Waals surface area contributed by atoms with Crippen LogP contribution < -0.4 is 10.4 Å². The third-order valence-corrected chi connectivity index (χ3v) is 3.98. The van der Waals surface area contributed by atoms with Crippen LogP contribution in [0.1, 0.15) is 12.5 Å². The van der Waals surface area contributed by atoms with Crippen molar-refractivity contribution in [3.8, 4) is 5.75 Å². The molecule has 1 aromatic heterocycles. The Kier molecular flexibility index (Phi) is 4.11. The molecule has 2 aromatic rings. The molecule has 0 saturated carbocycles. The van der Waals surface area contributed by atoms with Gasteiger partial charge in [0.2, 0.25) is 6.29 Å². The van der Waals surface area contributed by atoms with E-state index in [0.29, 0.717) is 11.3 Å². The van der Waals surface area contributed by atoms with Crippen LogP contribution >= 0.6 is 0 Å². The second-order valence-corrected chi connectivity index (χ2v) is 5.71. The topological polar surface area (TPSA) is 109 Å². The van der Waals surface area contributed by atoms with Gasteiger partial charge in [-0.25, -0.2) is 4.79 Å². The first kappa shape index (κ1) is 15.9. The maximum atomic E-state index is 11.4. The zero-order valence-corrected chi connectivity index (χ0v) is 12.7. The molecule has 0 spiro atoms. The van der Waals surface area contributed by atoms with Gasteiger partial charge in [-0.1, -0.05) is 0 Å². The quantitative estimate of drug-likeness (QED) is 0.683. The summed E-state index contributed by atoms with van der Waals surface area (Å²) in [6.45, 7) is 3.37. The Labute approximate surface area is 131 Å². The molecule has 0 unspecified atom stereocenters. The highest BCUT2D eigenvalue weighted by molar-refractivity contribution is 5.81. The summed E-state index contributed by atoms with van der Waals surface area (Å²) in [6.07, 6.45) is -5.80. The molecule has 0 aliphatic carbocycles. The number of aliphatic hydroxyl groups excluding tert-OH is 3. The zero-order valence-electron chi connectivity index (χ0n) is 12.7. The van der Waals surface area contributed by atoms with E-state index in [1.165, 1.54) is 12.1 Å². The average Bonchev–Trinajstić information content (AvgIpc) is 2.50. The van der Waals surface area contributed by atoms with Gasteiger partial charge < -0.3 is 29.2 Å². The number of aliphatic hydroxyl groups is 3. The fourth-order valence-electron chi connectivity index (χ4n) is 2.62. The summed E-state index contributed by atoms with van der Waals surface area (Å²) in [5.41, 5.74) is 0.670. The van der Waals surface area contributed by atoms with Crippen molar-refractivity contribution in [2.75, 3.05) is 0 Å². The van der Waals surface area contributed by atoms with Crippen LogP contribution in [0.25, 0.3) is 11.0 Å². The van der Waals surface area contributed by atoms with Gasteiger partial charge in [-0.2, -0.15) is 0 Å². The lowest BCUT2D eigenvalue weighted by atomic mass is 10.00. The van der Waals surface area contributed by atoms with Crippen molar-refractivity contribution < 1.29 is 29.2 Å². The Morgan fingerprint density at radius 3 is 2.57 bits per heavy atom. The second kappa shape index (κ2) is 5.93. The van der Waals surface area contributed by atoms with Gasteiger partial charge in [0.05, 0.1) is 6.10 Å². The summed E-state index contributed by atoms with van der Waals surface area (Å²) < 4.78 is 16.0. The number of hydrogen-bond donors (Lipinski definition) is 3. The molecule has 1 aliphatic heterocycles. The molecule has 1 aliphatic rings. The van der Waals surface area contributed by atoms with Gasteiger partial charge in [0, 0.05) is 17.5 Å². The van der Waals surface area contributed by atoms with Gasteiger partial charge in [-0.15, -0.1) is 0 Å². The third-order valence-electron chi connectivity index (χ3n) is 3.98. The smallest absolute Gasteiger partial charge is 0.336 e. The molecule has 1 saturated heterocycles. The lowest BCUT2D eigenvalue weighted by Gasteiger charge is -2.38. The van der Waals surface area contributed by atoms with Crippen LogP contribution in [0.4, 0.5) is 0 Å². The van der Waals surface area contributed by atoms with Gasteiger partial charge in [0.25, 0.3) is 0 Å². The molecule has 1 aromatic carbocycles. The summed E-state index contributed by atoms with van der Waals surface area (Å²) >= 11 is 0. The number of ether oxygens (including phenoxy) is 2. The summed E-state index contributed by atoms with van der Waals surface area (Å²) in [6, 6.07) is 6.29. The molecule has 23 heavy (non-hydrogen) atoms. The standard InChI is InChI=1S/C16H18O7/c1-7-5-12(17)23-11-6-9(3-4-10(7)11)22-16-15(20)14(19)13(18)8(2)21-16/h3-6,8,13-16,18-20H,1-2H3/t8-,13-,14-,15+,16-/m1/s1. The maximum Gasteiger partial charge on any atom is 0.336 e. The van der Waals surface area contributed by atoms with Crippen LogP contribution in [0.2, 0.25) is 0 Å². The minimum atomic E-state index is -1.40. The molecule has 2 heterocycles. The normalized spacial score (nSPS) is 31.3. The Bertz CT molecular complexity index is 769. The fourth-order valence-corrected chi connectivity index (χ4v) is 2.62. The van der Waals surface area contributed by atoms with Crippen LogP contribution in [0, 0.1) is 6.92 Å². The van der Waals surface area contributed by atoms with E-state index < -0.39 is 36.3 Å². The Balaban J connectivity index is 1.88. The van der Waals surface area contributed by atoms with Crippen LogP contribution in [-0.4, -0.2) is 46.0 Å². The van der Waals surface area contributed by atoms with Crippen LogP contribution in [-0.2, 0) is 4.74 Å². The SMILES string of the molecule is Cc1cc(=O)oc2cc(O[C@H]3O[C@H](C)[C@@H](O)[C@@H](O)[C@@H]3O)ccc12. The van der Waals surface area contributed by atoms with E-state index in [4.69, 9.17) is 13.9 Å². The molecule has 0 bridgehead atoms. The van der Waals surface area contributed by atoms with E-state index in [1.807, 2.05) is 0 Å². The maximum absolute atomic E-state index is 11.4. The van der Waals surface area contributed by atoms with Gasteiger partial charge in [-0.3, -0.25) is 0 Å². The van der Waals surface area contributed by atoms with E-state index in [0.717, 1.165) is 10.9 Å². The van der Waals surface area contributed by atoms with Crippen molar-refractivity contribution in [2.24, 2.45) is 0 Å². The molecule has 7 heteroatoms. The molecule has 1 fully saturated rings. The molecular formula is C16H18O7. The minimum Gasteiger partial charge on any atom is -0.462 e. The van der Waals surface area contributed by atoms with Crippen molar-refractivity contribution in [3.05, 3.63) is 40.2 Å². The second-order valence-electron chi connectivity index (χ2n) is 5.71. The summed E-state index contributed by atoms with van der Waals surface area (Å²) in [4.78, 5) is 11.4. The molecule has 3 N–H and O–H groups in total. The highest BCUT2D eigenvalue weighted by atomic mass is 16.7. The molecule has 7 nitrogen and oxygen atoms in total. The van der Waals surface area contributed by atoms with Crippen molar-refractivity contribution in [1.82, 2.24) is 0 Å².